The van der Waals surface area contributed by atoms with Crippen LogP contribution in [0, 0.1) is 0 Å². The number of rotatable bonds is 4. The molecular weight excluding hydrogens is 244 g/mol. The number of likely N-dealkylation sites (tertiary alicyclic amines) is 1. The van der Waals surface area contributed by atoms with E-state index in [2.05, 4.69) is 9.88 Å². The Kier molecular flexibility index (Phi) is 3.57. The van der Waals surface area contributed by atoms with Crippen molar-refractivity contribution in [3.8, 4) is 5.75 Å². The number of nitrogens with zero attached hydrogens (tertiary/aromatic N) is 2. The molecule has 0 radical (unpaired) electrons. The fraction of sp³-hybridized carbons (Fsp3) is 0.357. The van der Waals surface area contributed by atoms with Gasteiger partial charge in [-0.05, 0) is 18.6 Å². The normalized spacial score (nSPS) is 20.1. The van der Waals surface area contributed by atoms with Gasteiger partial charge in [0.25, 0.3) is 0 Å². The third kappa shape index (κ3) is 2.89. The zero-order chi connectivity index (χ0) is 12.2. The van der Waals surface area contributed by atoms with E-state index in [1.165, 1.54) is 5.01 Å². The molecule has 1 aromatic heterocycles. The Hall–Kier alpha value is -1.39. The number of ether oxygens (including phenoxy) is 1. The molecule has 3 rings (SSSR count). The van der Waals surface area contributed by atoms with E-state index in [4.69, 9.17) is 4.74 Å². The molecule has 1 aliphatic rings. The number of benzene rings is 1. The monoisotopic (exact) mass is 260 g/mol. The standard InChI is InChI=1S/C14H16N2OS/c1-2-4-12(5-3-1)17-13-6-8-16(10-13)11-14-15-7-9-18-14/h1-5,7,9,13H,6,8,10-11H2. The van der Waals surface area contributed by atoms with Gasteiger partial charge in [0.15, 0.2) is 0 Å². The lowest BCUT2D eigenvalue weighted by Gasteiger charge is -2.15. The fourth-order valence-electron chi connectivity index (χ4n) is 2.25. The molecule has 18 heavy (non-hydrogen) atoms. The van der Waals surface area contributed by atoms with Crippen molar-refractivity contribution in [3.05, 3.63) is 46.9 Å². The average Bonchev–Trinajstić information content (AvgIpc) is 3.03. The first-order chi connectivity index (χ1) is 8.90. The Labute approximate surface area is 111 Å². The molecule has 2 aromatic rings. The van der Waals surface area contributed by atoms with Crippen LogP contribution in [0.15, 0.2) is 41.9 Å². The van der Waals surface area contributed by atoms with E-state index in [9.17, 15) is 0 Å². The number of thiazole rings is 1. The molecule has 1 aromatic carbocycles. The van der Waals surface area contributed by atoms with Gasteiger partial charge in [0.2, 0.25) is 0 Å². The molecule has 1 atom stereocenters. The van der Waals surface area contributed by atoms with Crippen molar-refractivity contribution in [1.29, 1.82) is 0 Å². The second-order valence-corrected chi connectivity index (χ2v) is 5.48. The second-order valence-electron chi connectivity index (χ2n) is 4.50. The van der Waals surface area contributed by atoms with Gasteiger partial charge in [-0.15, -0.1) is 11.3 Å². The number of hydrogen-bond acceptors (Lipinski definition) is 4. The van der Waals surface area contributed by atoms with Crippen LogP contribution in [0.4, 0.5) is 0 Å². The van der Waals surface area contributed by atoms with Crippen molar-refractivity contribution in [2.24, 2.45) is 0 Å². The van der Waals surface area contributed by atoms with Crippen LogP contribution in [-0.4, -0.2) is 29.1 Å². The molecule has 0 saturated carbocycles. The van der Waals surface area contributed by atoms with Crippen molar-refractivity contribution in [2.75, 3.05) is 13.1 Å². The van der Waals surface area contributed by atoms with Gasteiger partial charge < -0.3 is 4.74 Å². The highest BCUT2D eigenvalue weighted by molar-refractivity contribution is 7.09. The molecule has 2 heterocycles. The zero-order valence-corrected chi connectivity index (χ0v) is 11.0. The minimum atomic E-state index is 0.312. The van der Waals surface area contributed by atoms with Gasteiger partial charge in [-0.3, -0.25) is 4.90 Å². The van der Waals surface area contributed by atoms with Crippen molar-refractivity contribution >= 4 is 11.3 Å². The largest absolute Gasteiger partial charge is 0.489 e. The summed E-state index contributed by atoms with van der Waals surface area (Å²) in [7, 11) is 0. The summed E-state index contributed by atoms with van der Waals surface area (Å²) in [5.74, 6) is 0.971. The van der Waals surface area contributed by atoms with Gasteiger partial charge in [-0.25, -0.2) is 4.98 Å². The summed E-state index contributed by atoms with van der Waals surface area (Å²) in [6.45, 7) is 3.04. The lowest BCUT2D eigenvalue weighted by Crippen LogP contribution is -2.24. The SMILES string of the molecule is c1ccc(OC2CCN(Cc3nccs3)C2)cc1. The van der Waals surface area contributed by atoms with Gasteiger partial charge >= 0.3 is 0 Å². The van der Waals surface area contributed by atoms with Crippen molar-refractivity contribution in [2.45, 2.75) is 19.1 Å². The van der Waals surface area contributed by atoms with Crippen molar-refractivity contribution in [1.82, 2.24) is 9.88 Å². The molecule has 94 valence electrons. The summed E-state index contributed by atoms with van der Waals surface area (Å²) in [5, 5.41) is 3.22. The highest BCUT2D eigenvalue weighted by atomic mass is 32.1. The summed E-state index contributed by atoms with van der Waals surface area (Å²) in [6, 6.07) is 10.1. The summed E-state index contributed by atoms with van der Waals surface area (Å²) in [4.78, 5) is 6.73. The van der Waals surface area contributed by atoms with E-state index in [1.54, 1.807) is 11.3 Å². The van der Waals surface area contributed by atoms with Gasteiger partial charge in [-0.1, -0.05) is 18.2 Å². The maximum Gasteiger partial charge on any atom is 0.119 e. The molecule has 0 spiro atoms. The van der Waals surface area contributed by atoms with Crippen LogP contribution in [-0.2, 0) is 6.54 Å². The number of aromatic nitrogens is 1. The minimum Gasteiger partial charge on any atom is -0.489 e. The van der Waals surface area contributed by atoms with Crippen LogP contribution in [0.25, 0.3) is 0 Å². The number of hydrogen-bond donors (Lipinski definition) is 0. The summed E-state index contributed by atoms with van der Waals surface area (Å²) in [5.41, 5.74) is 0. The molecule has 1 aliphatic heterocycles. The summed E-state index contributed by atoms with van der Waals surface area (Å²) < 4.78 is 5.97. The molecule has 1 saturated heterocycles. The predicted molar refractivity (Wildman–Crippen MR) is 72.9 cm³/mol. The molecule has 0 bridgehead atoms. The van der Waals surface area contributed by atoms with Crippen molar-refractivity contribution in [3.63, 3.8) is 0 Å². The van der Waals surface area contributed by atoms with Crippen LogP contribution in [0.5, 0.6) is 5.75 Å². The number of para-hydroxylation sites is 1. The molecule has 1 fully saturated rings. The van der Waals surface area contributed by atoms with Crippen molar-refractivity contribution < 1.29 is 4.74 Å². The minimum absolute atomic E-state index is 0.312. The average molecular weight is 260 g/mol. The smallest absolute Gasteiger partial charge is 0.119 e. The van der Waals surface area contributed by atoms with Gasteiger partial charge in [0, 0.05) is 24.7 Å². The molecule has 3 nitrogen and oxygen atoms in total. The summed E-state index contributed by atoms with van der Waals surface area (Å²) in [6.07, 6.45) is 3.28. The lowest BCUT2D eigenvalue weighted by molar-refractivity contribution is 0.198. The fourth-order valence-corrected chi connectivity index (χ4v) is 2.91. The topological polar surface area (TPSA) is 25.4 Å². The Bertz CT molecular complexity index is 472. The summed E-state index contributed by atoms with van der Waals surface area (Å²) >= 11 is 1.72. The van der Waals surface area contributed by atoms with E-state index >= 15 is 0 Å². The molecular formula is C14H16N2OS. The highest BCUT2D eigenvalue weighted by Crippen LogP contribution is 2.19. The maximum absolute atomic E-state index is 5.97. The zero-order valence-electron chi connectivity index (χ0n) is 10.2. The molecule has 0 aliphatic carbocycles. The lowest BCUT2D eigenvalue weighted by atomic mass is 10.3. The van der Waals surface area contributed by atoms with E-state index in [-0.39, 0.29) is 0 Å². The molecule has 0 amide bonds. The van der Waals surface area contributed by atoms with E-state index in [0.717, 1.165) is 31.8 Å². The quantitative estimate of drug-likeness (QED) is 0.845. The Morgan fingerprint density at radius 2 is 2.22 bits per heavy atom. The third-order valence-electron chi connectivity index (χ3n) is 3.12. The maximum atomic E-state index is 5.97. The Balaban J connectivity index is 1.52. The van der Waals surface area contributed by atoms with Crippen LogP contribution >= 0.6 is 11.3 Å². The molecule has 0 N–H and O–H groups in total. The molecule has 1 unspecified atom stereocenters. The van der Waals surface area contributed by atoms with Crippen LogP contribution < -0.4 is 4.74 Å². The first-order valence-corrected chi connectivity index (χ1v) is 7.10. The van der Waals surface area contributed by atoms with E-state index < -0.39 is 0 Å². The van der Waals surface area contributed by atoms with Crippen LogP contribution in [0.2, 0.25) is 0 Å². The Morgan fingerprint density at radius 1 is 1.33 bits per heavy atom. The van der Waals surface area contributed by atoms with E-state index in [0.29, 0.717) is 6.10 Å². The van der Waals surface area contributed by atoms with Gasteiger partial charge in [-0.2, -0.15) is 0 Å². The third-order valence-corrected chi connectivity index (χ3v) is 3.88. The second kappa shape index (κ2) is 5.50. The Morgan fingerprint density at radius 3 is 3.00 bits per heavy atom. The van der Waals surface area contributed by atoms with Gasteiger partial charge in [0.05, 0.1) is 6.54 Å². The first kappa shape index (κ1) is 11.7. The van der Waals surface area contributed by atoms with Gasteiger partial charge in [0.1, 0.15) is 16.9 Å². The predicted octanol–water partition coefficient (Wildman–Crippen LogP) is 2.80. The molecule has 4 heteroatoms. The highest BCUT2D eigenvalue weighted by Gasteiger charge is 2.24. The van der Waals surface area contributed by atoms with Crippen LogP contribution in [0.1, 0.15) is 11.4 Å². The first-order valence-electron chi connectivity index (χ1n) is 6.22. The van der Waals surface area contributed by atoms with Crippen LogP contribution in [0.3, 0.4) is 0 Å². The van der Waals surface area contributed by atoms with E-state index in [1.807, 2.05) is 41.9 Å².